The van der Waals surface area contributed by atoms with Crippen molar-refractivity contribution in [2.45, 2.75) is 25.4 Å². The lowest BCUT2D eigenvalue weighted by Crippen LogP contribution is -2.57. The predicted molar refractivity (Wildman–Crippen MR) is 118 cm³/mol. The van der Waals surface area contributed by atoms with E-state index in [9.17, 15) is 9.59 Å². The minimum atomic E-state index is -0.337. The van der Waals surface area contributed by atoms with Crippen molar-refractivity contribution in [2.24, 2.45) is 0 Å². The van der Waals surface area contributed by atoms with E-state index >= 15 is 0 Å². The Labute approximate surface area is 182 Å². The summed E-state index contributed by atoms with van der Waals surface area (Å²) >= 11 is 0. The molecule has 2 aliphatic rings. The molecule has 7 nitrogen and oxygen atoms in total. The first-order valence-corrected chi connectivity index (χ1v) is 10.5. The van der Waals surface area contributed by atoms with Gasteiger partial charge >= 0.3 is 5.97 Å². The number of anilines is 2. The number of benzene rings is 2. The van der Waals surface area contributed by atoms with Crippen LogP contribution >= 0.6 is 0 Å². The number of methoxy groups -OCH3 is 1. The zero-order chi connectivity index (χ0) is 22.0. The van der Waals surface area contributed by atoms with Crippen molar-refractivity contribution in [3.63, 3.8) is 0 Å². The van der Waals surface area contributed by atoms with E-state index in [1.165, 1.54) is 7.11 Å². The summed E-state index contributed by atoms with van der Waals surface area (Å²) in [6, 6.07) is 16.9. The molecular weight excluding hydrogens is 392 g/mol. The Balaban J connectivity index is 1.40. The standard InChI is InChI=1S/C24H26N4O3/c1-17-16-26(20-9-5-19(6-10-20)24(30)31-2)13-14-27(17)22-11-12-28(23(22)29)21-7-3-18(15-25)4-8-21/h3-10,17,22H,11-14,16H2,1-2H3. The van der Waals surface area contributed by atoms with Crippen LogP contribution in [0.15, 0.2) is 48.5 Å². The lowest BCUT2D eigenvalue weighted by Gasteiger charge is -2.43. The molecule has 2 fully saturated rings. The Kier molecular flexibility index (Phi) is 5.92. The third-order valence-corrected chi connectivity index (χ3v) is 6.22. The highest BCUT2D eigenvalue weighted by molar-refractivity contribution is 5.99. The van der Waals surface area contributed by atoms with Gasteiger partial charge in [-0.1, -0.05) is 0 Å². The Morgan fingerprint density at radius 3 is 2.32 bits per heavy atom. The summed E-state index contributed by atoms with van der Waals surface area (Å²) in [6.07, 6.45) is 0.803. The SMILES string of the molecule is COC(=O)c1ccc(N2CCN(C3CCN(c4ccc(C#N)cc4)C3=O)C(C)C2)cc1. The Morgan fingerprint density at radius 2 is 1.71 bits per heavy atom. The van der Waals surface area contributed by atoms with Crippen molar-refractivity contribution in [1.82, 2.24) is 4.90 Å². The highest BCUT2D eigenvalue weighted by Crippen LogP contribution is 2.28. The predicted octanol–water partition coefficient (Wildman–Crippen LogP) is 2.66. The number of nitriles is 1. The van der Waals surface area contributed by atoms with E-state index in [0.29, 0.717) is 17.7 Å². The van der Waals surface area contributed by atoms with Crippen LogP contribution in [0.5, 0.6) is 0 Å². The van der Waals surface area contributed by atoms with Crippen LogP contribution in [-0.2, 0) is 9.53 Å². The summed E-state index contributed by atoms with van der Waals surface area (Å²) in [6.45, 7) is 5.29. The molecule has 0 N–H and O–H groups in total. The molecule has 0 radical (unpaired) electrons. The van der Waals surface area contributed by atoms with Gasteiger partial charge in [-0.05, 0) is 61.9 Å². The molecule has 7 heteroatoms. The quantitative estimate of drug-likeness (QED) is 0.711. The van der Waals surface area contributed by atoms with Gasteiger partial charge in [0.1, 0.15) is 0 Å². The first-order chi connectivity index (χ1) is 15.0. The van der Waals surface area contributed by atoms with E-state index in [2.05, 4.69) is 22.8 Å². The van der Waals surface area contributed by atoms with Crippen LogP contribution in [0.25, 0.3) is 0 Å². The smallest absolute Gasteiger partial charge is 0.337 e. The maximum Gasteiger partial charge on any atom is 0.337 e. The summed E-state index contributed by atoms with van der Waals surface area (Å²) in [5.41, 5.74) is 3.05. The fraction of sp³-hybridized carbons (Fsp3) is 0.375. The Morgan fingerprint density at radius 1 is 1.03 bits per heavy atom. The molecule has 0 saturated carbocycles. The summed E-state index contributed by atoms with van der Waals surface area (Å²) in [4.78, 5) is 31.2. The molecule has 1 amide bonds. The number of hydrogen-bond acceptors (Lipinski definition) is 6. The summed E-state index contributed by atoms with van der Waals surface area (Å²) < 4.78 is 4.76. The summed E-state index contributed by atoms with van der Waals surface area (Å²) in [7, 11) is 1.38. The third-order valence-electron chi connectivity index (χ3n) is 6.22. The van der Waals surface area contributed by atoms with Crippen LogP contribution in [0.2, 0.25) is 0 Å². The molecule has 2 atom stereocenters. The number of piperazine rings is 1. The lowest BCUT2D eigenvalue weighted by atomic mass is 10.1. The second kappa shape index (κ2) is 8.78. The van der Waals surface area contributed by atoms with Crippen LogP contribution in [-0.4, -0.2) is 62.1 Å². The van der Waals surface area contributed by atoms with Crippen molar-refractivity contribution < 1.29 is 14.3 Å². The zero-order valence-corrected chi connectivity index (χ0v) is 17.8. The van der Waals surface area contributed by atoms with Crippen LogP contribution < -0.4 is 9.80 Å². The number of rotatable bonds is 4. The fourth-order valence-corrected chi connectivity index (χ4v) is 4.54. The van der Waals surface area contributed by atoms with E-state index in [1.54, 1.807) is 24.3 Å². The molecule has 31 heavy (non-hydrogen) atoms. The van der Waals surface area contributed by atoms with Gasteiger partial charge < -0.3 is 14.5 Å². The van der Waals surface area contributed by atoms with E-state index in [1.807, 2.05) is 29.2 Å². The maximum absolute atomic E-state index is 13.1. The van der Waals surface area contributed by atoms with Crippen LogP contribution in [0.4, 0.5) is 11.4 Å². The highest BCUT2D eigenvalue weighted by Gasteiger charge is 2.40. The van der Waals surface area contributed by atoms with Gasteiger partial charge in [-0.25, -0.2) is 4.79 Å². The fourth-order valence-electron chi connectivity index (χ4n) is 4.54. The molecule has 0 aliphatic carbocycles. The number of esters is 1. The minimum absolute atomic E-state index is 0.116. The molecule has 2 heterocycles. The molecule has 0 spiro atoms. The Bertz CT molecular complexity index is 997. The number of carbonyl (C=O) groups excluding carboxylic acids is 2. The van der Waals surface area contributed by atoms with Crippen molar-refractivity contribution in [3.8, 4) is 6.07 Å². The largest absolute Gasteiger partial charge is 0.465 e. The molecule has 2 aromatic carbocycles. The van der Waals surface area contributed by atoms with Crippen molar-refractivity contribution in [1.29, 1.82) is 5.26 Å². The molecule has 2 aliphatic heterocycles. The first kappa shape index (κ1) is 20.9. The second-order valence-electron chi connectivity index (χ2n) is 8.02. The van der Waals surface area contributed by atoms with Crippen LogP contribution in [0, 0.1) is 11.3 Å². The number of ether oxygens (including phenoxy) is 1. The van der Waals surface area contributed by atoms with Crippen molar-refractivity contribution >= 4 is 23.3 Å². The Hall–Kier alpha value is -3.37. The summed E-state index contributed by atoms with van der Waals surface area (Å²) in [5, 5.41) is 8.98. The third kappa shape index (κ3) is 4.12. The van der Waals surface area contributed by atoms with Gasteiger partial charge in [-0.15, -0.1) is 0 Å². The maximum atomic E-state index is 13.1. The van der Waals surface area contributed by atoms with Gasteiger partial charge in [0, 0.05) is 43.6 Å². The van der Waals surface area contributed by atoms with Crippen molar-refractivity contribution in [3.05, 3.63) is 59.7 Å². The van der Waals surface area contributed by atoms with Crippen LogP contribution in [0.3, 0.4) is 0 Å². The normalized spacial score (nSPS) is 21.8. The molecule has 0 aromatic heterocycles. The molecule has 2 aromatic rings. The van der Waals surface area contributed by atoms with E-state index < -0.39 is 0 Å². The molecule has 2 saturated heterocycles. The van der Waals surface area contributed by atoms with Gasteiger partial charge in [0.15, 0.2) is 0 Å². The monoisotopic (exact) mass is 418 g/mol. The average Bonchev–Trinajstić information content (AvgIpc) is 3.19. The van der Waals surface area contributed by atoms with Crippen molar-refractivity contribution in [2.75, 3.05) is 43.1 Å². The highest BCUT2D eigenvalue weighted by atomic mass is 16.5. The number of nitrogens with zero attached hydrogens (tertiary/aromatic N) is 4. The number of carbonyl (C=O) groups is 2. The second-order valence-corrected chi connectivity index (χ2v) is 8.02. The van der Waals surface area contributed by atoms with Gasteiger partial charge in [-0.3, -0.25) is 9.69 Å². The van der Waals surface area contributed by atoms with Gasteiger partial charge in [0.25, 0.3) is 0 Å². The van der Waals surface area contributed by atoms with E-state index in [-0.39, 0.29) is 24.0 Å². The average molecular weight is 418 g/mol. The lowest BCUT2D eigenvalue weighted by molar-refractivity contribution is -0.122. The van der Waals surface area contributed by atoms with Gasteiger partial charge in [0.05, 0.1) is 30.3 Å². The van der Waals surface area contributed by atoms with Gasteiger partial charge in [0.2, 0.25) is 5.91 Å². The molecule has 160 valence electrons. The van der Waals surface area contributed by atoms with Crippen LogP contribution in [0.1, 0.15) is 29.3 Å². The zero-order valence-electron chi connectivity index (χ0n) is 17.8. The van der Waals surface area contributed by atoms with Gasteiger partial charge in [-0.2, -0.15) is 5.26 Å². The molecular formula is C24H26N4O3. The first-order valence-electron chi connectivity index (χ1n) is 10.5. The van der Waals surface area contributed by atoms with E-state index in [4.69, 9.17) is 10.00 Å². The molecule has 2 unspecified atom stereocenters. The van der Waals surface area contributed by atoms with E-state index in [0.717, 1.165) is 37.4 Å². The minimum Gasteiger partial charge on any atom is -0.465 e. The topological polar surface area (TPSA) is 76.9 Å². The number of hydrogen-bond donors (Lipinski definition) is 0. The summed E-state index contributed by atoms with van der Waals surface area (Å²) in [5.74, 6) is -0.205. The molecule has 0 bridgehead atoms. The molecule has 4 rings (SSSR count). The number of amides is 1.